The van der Waals surface area contributed by atoms with E-state index in [1.165, 1.54) is 44.9 Å². The van der Waals surface area contributed by atoms with E-state index in [0.717, 1.165) is 19.3 Å². The number of ether oxygens (including phenoxy) is 1. The number of fused-ring (bicyclic) bond motifs is 1. The Morgan fingerprint density at radius 3 is 2.55 bits per heavy atom. The van der Waals surface area contributed by atoms with Crippen molar-refractivity contribution >= 4 is 23.1 Å². The molecule has 0 bridgehead atoms. The number of aliphatic hydroxyl groups is 1. The summed E-state index contributed by atoms with van der Waals surface area (Å²) in [6.45, 7) is 2.82. The molecule has 0 unspecified atom stereocenters. The molecule has 0 aromatic carbocycles. The third kappa shape index (κ3) is 8.69. The number of hydrogen-bond acceptors (Lipinski definition) is 7. The van der Waals surface area contributed by atoms with E-state index in [4.69, 9.17) is 10.5 Å². The Labute approximate surface area is 183 Å². The molecule has 2 aromatic heterocycles. The number of H-pyrrole nitrogens is 1. The van der Waals surface area contributed by atoms with Gasteiger partial charge in [0.15, 0.2) is 11.2 Å². The van der Waals surface area contributed by atoms with Gasteiger partial charge in [-0.1, -0.05) is 58.3 Å². The van der Waals surface area contributed by atoms with Crippen molar-refractivity contribution in [1.29, 1.82) is 0 Å². The van der Waals surface area contributed by atoms with Crippen LogP contribution in [0.2, 0.25) is 0 Å². The number of hydrogen-bond donors (Lipinski definition) is 3. The second kappa shape index (κ2) is 13.8. The molecule has 1 atom stereocenters. The third-order valence-electron chi connectivity index (χ3n) is 5.45. The summed E-state index contributed by atoms with van der Waals surface area (Å²) in [5.41, 5.74) is 5.82. The number of nitrogens with one attached hydrogen (secondary N) is 1. The van der Waals surface area contributed by atoms with Crippen molar-refractivity contribution in [3.63, 3.8) is 0 Å². The van der Waals surface area contributed by atoms with E-state index in [-0.39, 0.29) is 36.6 Å². The van der Waals surface area contributed by atoms with Crippen molar-refractivity contribution in [2.24, 2.45) is 5.92 Å². The van der Waals surface area contributed by atoms with Gasteiger partial charge in [-0.25, -0.2) is 4.98 Å². The number of imidazole rings is 1. The van der Waals surface area contributed by atoms with Gasteiger partial charge in [-0.2, -0.15) is 4.98 Å². The number of esters is 1. The standard InChI is InChI=1S/C22H37N5O4/c1-2-3-4-5-6-7-8-9-10-11-18(29)31-15-17(12-13-28)14-27-16-24-19-20(27)25-22(23)26-21(19)30/h16-17,28H,2-15H2,1H3,(H3,23,25,26,30)/t17-/m1/s1. The van der Waals surface area contributed by atoms with Crippen LogP contribution in [0.4, 0.5) is 5.95 Å². The summed E-state index contributed by atoms with van der Waals surface area (Å²) in [5.74, 6) is -0.303. The van der Waals surface area contributed by atoms with E-state index >= 15 is 0 Å². The maximum absolute atomic E-state index is 12.1. The summed E-state index contributed by atoms with van der Waals surface area (Å²) >= 11 is 0. The molecule has 0 spiro atoms. The maximum Gasteiger partial charge on any atom is 0.305 e. The molecule has 0 amide bonds. The van der Waals surface area contributed by atoms with Crippen LogP contribution in [-0.2, 0) is 16.1 Å². The second-order valence-corrected chi connectivity index (χ2v) is 8.16. The highest BCUT2D eigenvalue weighted by molar-refractivity contribution is 5.70. The second-order valence-electron chi connectivity index (χ2n) is 8.16. The molecule has 2 rings (SSSR count). The van der Waals surface area contributed by atoms with Gasteiger partial charge in [0.05, 0.1) is 12.9 Å². The summed E-state index contributed by atoms with van der Waals surface area (Å²) in [5, 5.41) is 9.37. The topological polar surface area (TPSA) is 136 Å². The Bertz CT molecular complexity index is 848. The molecule has 0 saturated carbocycles. The first kappa shape index (κ1) is 24.8. The molecule has 2 heterocycles. The van der Waals surface area contributed by atoms with Crippen LogP contribution in [0.25, 0.3) is 11.2 Å². The Balaban J connectivity index is 1.71. The molecule has 2 aromatic rings. The normalized spacial score (nSPS) is 12.3. The number of aromatic amines is 1. The molecule has 4 N–H and O–H groups in total. The number of nitrogen functional groups attached to an aromatic ring is 1. The van der Waals surface area contributed by atoms with Crippen molar-refractivity contribution in [2.75, 3.05) is 18.9 Å². The predicted molar refractivity (Wildman–Crippen MR) is 121 cm³/mol. The minimum atomic E-state index is -0.396. The maximum atomic E-state index is 12.1. The van der Waals surface area contributed by atoms with E-state index in [0.29, 0.717) is 25.0 Å². The third-order valence-corrected chi connectivity index (χ3v) is 5.45. The average Bonchev–Trinajstić information content (AvgIpc) is 3.13. The van der Waals surface area contributed by atoms with Crippen molar-refractivity contribution in [3.8, 4) is 0 Å². The zero-order chi connectivity index (χ0) is 22.5. The molecule has 9 nitrogen and oxygen atoms in total. The Morgan fingerprint density at radius 2 is 1.87 bits per heavy atom. The van der Waals surface area contributed by atoms with Crippen molar-refractivity contribution in [1.82, 2.24) is 19.5 Å². The highest BCUT2D eigenvalue weighted by Crippen LogP contribution is 2.14. The van der Waals surface area contributed by atoms with Crippen LogP contribution in [0.5, 0.6) is 0 Å². The lowest BCUT2D eigenvalue weighted by molar-refractivity contribution is -0.145. The number of nitrogens with zero attached hydrogens (tertiary/aromatic N) is 3. The number of carbonyl (C=O) groups excluding carboxylic acids is 1. The zero-order valence-electron chi connectivity index (χ0n) is 18.6. The van der Waals surface area contributed by atoms with Gasteiger partial charge in [-0.05, 0) is 12.8 Å². The van der Waals surface area contributed by atoms with Crippen LogP contribution in [0.1, 0.15) is 77.6 Å². The van der Waals surface area contributed by atoms with Gasteiger partial charge >= 0.3 is 5.97 Å². The molecule has 31 heavy (non-hydrogen) atoms. The van der Waals surface area contributed by atoms with Crippen LogP contribution in [0, 0.1) is 5.92 Å². The summed E-state index contributed by atoms with van der Waals surface area (Å²) in [6, 6.07) is 0. The first-order chi connectivity index (χ1) is 15.0. The van der Waals surface area contributed by atoms with Crippen LogP contribution in [0.15, 0.2) is 11.1 Å². The number of nitrogens with two attached hydrogens (primary N) is 1. The Morgan fingerprint density at radius 1 is 1.19 bits per heavy atom. The Hall–Kier alpha value is -2.42. The quantitative estimate of drug-likeness (QED) is 0.272. The van der Waals surface area contributed by atoms with Crippen LogP contribution in [-0.4, -0.2) is 43.8 Å². The van der Waals surface area contributed by atoms with Gasteiger partial charge in [-0.3, -0.25) is 14.6 Å². The molecular formula is C22H37N5O4. The summed E-state index contributed by atoms with van der Waals surface area (Å²) in [7, 11) is 0. The van der Waals surface area contributed by atoms with Gasteiger partial charge in [-0.15, -0.1) is 0 Å². The molecular weight excluding hydrogens is 398 g/mol. The Kier molecular flexibility index (Phi) is 11.1. The molecule has 0 aliphatic heterocycles. The van der Waals surface area contributed by atoms with E-state index < -0.39 is 5.56 Å². The largest absolute Gasteiger partial charge is 0.465 e. The summed E-state index contributed by atoms with van der Waals surface area (Å²) in [4.78, 5) is 34.6. The molecule has 0 aliphatic carbocycles. The zero-order valence-corrected chi connectivity index (χ0v) is 18.6. The predicted octanol–water partition coefficient (Wildman–Crippen LogP) is 3.16. The summed E-state index contributed by atoms with van der Waals surface area (Å²) in [6.07, 6.45) is 13.2. The number of unbranched alkanes of at least 4 members (excludes halogenated alkanes) is 8. The SMILES string of the molecule is CCCCCCCCCCCC(=O)OC[C@H](CCO)Cn1cnc2c(=O)[nH]c(N)nc21. The van der Waals surface area contributed by atoms with Gasteiger partial charge < -0.3 is 20.1 Å². The van der Waals surface area contributed by atoms with Crippen LogP contribution in [0.3, 0.4) is 0 Å². The van der Waals surface area contributed by atoms with E-state index in [9.17, 15) is 14.7 Å². The van der Waals surface area contributed by atoms with Crippen molar-refractivity contribution < 1.29 is 14.6 Å². The number of anilines is 1. The summed E-state index contributed by atoms with van der Waals surface area (Å²) < 4.78 is 7.14. The smallest absolute Gasteiger partial charge is 0.305 e. The molecule has 9 heteroatoms. The molecule has 0 saturated heterocycles. The fourth-order valence-electron chi connectivity index (χ4n) is 3.66. The van der Waals surface area contributed by atoms with Gasteiger partial charge in [0.1, 0.15) is 0 Å². The lowest BCUT2D eigenvalue weighted by Crippen LogP contribution is -2.21. The lowest BCUT2D eigenvalue weighted by atomic mass is 10.1. The fraction of sp³-hybridized carbons (Fsp3) is 0.727. The van der Waals surface area contributed by atoms with Gasteiger partial charge in [0.2, 0.25) is 5.95 Å². The number of aliphatic hydroxyl groups excluding tert-OH is 1. The van der Waals surface area contributed by atoms with E-state index in [2.05, 4.69) is 21.9 Å². The van der Waals surface area contributed by atoms with Gasteiger partial charge in [0.25, 0.3) is 5.56 Å². The monoisotopic (exact) mass is 435 g/mol. The number of carbonyl (C=O) groups is 1. The minimum absolute atomic E-state index is 0.0188. The molecule has 0 radical (unpaired) electrons. The average molecular weight is 436 g/mol. The van der Waals surface area contributed by atoms with E-state index in [1.807, 2.05) is 0 Å². The minimum Gasteiger partial charge on any atom is -0.465 e. The van der Waals surface area contributed by atoms with Crippen LogP contribution >= 0.6 is 0 Å². The molecule has 174 valence electrons. The van der Waals surface area contributed by atoms with Crippen molar-refractivity contribution in [3.05, 3.63) is 16.7 Å². The fourth-order valence-corrected chi connectivity index (χ4v) is 3.66. The first-order valence-electron chi connectivity index (χ1n) is 11.5. The van der Waals surface area contributed by atoms with E-state index in [1.54, 1.807) is 4.57 Å². The lowest BCUT2D eigenvalue weighted by Gasteiger charge is -2.17. The first-order valence-corrected chi connectivity index (χ1v) is 11.5. The molecule has 0 aliphatic rings. The van der Waals surface area contributed by atoms with Gasteiger partial charge in [0, 0.05) is 25.5 Å². The number of aromatic nitrogens is 4. The molecule has 0 fully saturated rings. The highest BCUT2D eigenvalue weighted by Gasteiger charge is 2.16. The van der Waals surface area contributed by atoms with Crippen molar-refractivity contribution in [2.45, 2.75) is 84.1 Å². The van der Waals surface area contributed by atoms with Crippen LogP contribution < -0.4 is 11.3 Å². The highest BCUT2D eigenvalue weighted by atomic mass is 16.5. The number of rotatable bonds is 16.